The van der Waals surface area contributed by atoms with Gasteiger partial charge in [-0.25, -0.2) is 0 Å². The molecular weight excluding hydrogens is 272 g/mol. The molecule has 0 spiro atoms. The van der Waals surface area contributed by atoms with Gasteiger partial charge in [0.2, 0.25) is 0 Å². The SMILES string of the molecule is COc1cc(OC)c(C(=O)NC2CCNCC2)cc1OC. The molecule has 1 fully saturated rings. The van der Waals surface area contributed by atoms with Crippen molar-refractivity contribution in [1.82, 2.24) is 10.6 Å². The van der Waals surface area contributed by atoms with Crippen LogP contribution in [0.15, 0.2) is 12.1 Å². The summed E-state index contributed by atoms with van der Waals surface area (Å²) in [4.78, 5) is 12.5. The Kier molecular flexibility index (Phi) is 5.27. The molecule has 0 bridgehead atoms. The summed E-state index contributed by atoms with van der Waals surface area (Å²) in [5.41, 5.74) is 0.452. The molecule has 0 unspecified atom stereocenters. The van der Waals surface area contributed by atoms with Crippen LogP contribution in [0.4, 0.5) is 0 Å². The van der Waals surface area contributed by atoms with Crippen molar-refractivity contribution in [3.8, 4) is 17.2 Å². The van der Waals surface area contributed by atoms with E-state index in [-0.39, 0.29) is 11.9 Å². The van der Waals surface area contributed by atoms with Gasteiger partial charge in [0.05, 0.1) is 26.9 Å². The standard InChI is InChI=1S/C15H22N2O4/c1-19-12-9-14(21-3)13(20-2)8-11(12)15(18)17-10-4-6-16-7-5-10/h8-10,16H,4-7H2,1-3H3,(H,17,18). The van der Waals surface area contributed by atoms with Crippen molar-refractivity contribution in [2.24, 2.45) is 0 Å². The summed E-state index contributed by atoms with van der Waals surface area (Å²) in [6.45, 7) is 1.85. The summed E-state index contributed by atoms with van der Waals surface area (Å²) in [7, 11) is 4.62. The number of ether oxygens (including phenoxy) is 3. The molecule has 1 saturated heterocycles. The van der Waals surface area contributed by atoms with E-state index in [4.69, 9.17) is 14.2 Å². The first-order valence-corrected chi connectivity index (χ1v) is 7.01. The molecule has 1 aliphatic heterocycles. The van der Waals surface area contributed by atoms with Crippen LogP contribution in [0.25, 0.3) is 0 Å². The van der Waals surface area contributed by atoms with Gasteiger partial charge in [-0.3, -0.25) is 4.79 Å². The molecule has 21 heavy (non-hydrogen) atoms. The highest BCUT2D eigenvalue weighted by Crippen LogP contribution is 2.34. The second-order valence-corrected chi connectivity index (χ2v) is 4.91. The van der Waals surface area contributed by atoms with Crippen molar-refractivity contribution >= 4 is 5.91 Å². The van der Waals surface area contributed by atoms with Crippen LogP contribution in [0, 0.1) is 0 Å². The Bertz CT molecular complexity index is 499. The molecule has 6 heteroatoms. The second kappa shape index (κ2) is 7.17. The number of benzene rings is 1. The number of hydrogen-bond donors (Lipinski definition) is 2. The number of amides is 1. The lowest BCUT2D eigenvalue weighted by Gasteiger charge is -2.24. The van der Waals surface area contributed by atoms with E-state index in [1.54, 1.807) is 26.4 Å². The van der Waals surface area contributed by atoms with Gasteiger partial charge in [-0.2, -0.15) is 0 Å². The Morgan fingerprint density at radius 1 is 1.05 bits per heavy atom. The van der Waals surface area contributed by atoms with Crippen molar-refractivity contribution in [1.29, 1.82) is 0 Å². The maximum atomic E-state index is 12.5. The maximum absolute atomic E-state index is 12.5. The fourth-order valence-electron chi connectivity index (χ4n) is 2.44. The monoisotopic (exact) mass is 294 g/mol. The maximum Gasteiger partial charge on any atom is 0.255 e. The fourth-order valence-corrected chi connectivity index (χ4v) is 2.44. The molecule has 6 nitrogen and oxygen atoms in total. The molecule has 0 atom stereocenters. The first-order valence-electron chi connectivity index (χ1n) is 7.01. The van der Waals surface area contributed by atoms with Crippen LogP contribution in [0.1, 0.15) is 23.2 Å². The first-order chi connectivity index (χ1) is 10.2. The van der Waals surface area contributed by atoms with Crippen LogP contribution < -0.4 is 24.8 Å². The van der Waals surface area contributed by atoms with E-state index in [1.807, 2.05) is 0 Å². The van der Waals surface area contributed by atoms with Crippen LogP contribution in [0.5, 0.6) is 17.2 Å². The van der Waals surface area contributed by atoms with Crippen LogP contribution in [0.3, 0.4) is 0 Å². The van der Waals surface area contributed by atoms with E-state index >= 15 is 0 Å². The molecular formula is C15H22N2O4. The van der Waals surface area contributed by atoms with Crippen molar-refractivity contribution in [3.05, 3.63) is 17.7 Å². The third kappa shape index (κ3) is 3.58. The average Bonchev–Trinajstić information content (AvgIpc) is 2.54. The van der Waals surface area contributed by atoms with Crippen molar-refractivity contribution in [2.75, 3.05) is 34.4 Å². The van der Waals surface area contributed by atoms with Gasteiger partial charge in [0, 0.05) is 18.2 Å². The van der Waals surface area contributed by atoms with E-state index in [0.717, 1.165) is 25.9 Å². The summed E-state index contributed by atoms with van der Waals surface area (Å²) in [5.74, 6) is 1.36. The minimum absolute atomic E-state index is 0.153. The number of hydrogen-bond acceptors (Lipinski definition) is 5. The Balaban J connectivity index is 2.21. The average molecular weight is 294 g/mol. The van der Waals surface area contributed by atoms with Gasteiger partial charge in [0.15, 0.2) is 11.5 Å². The zero-order valence-corrected chi connectivity index (χ0v) is 12.7. The number of carbonyl (C=O) groups is 1. The quantitative estimate of drug-likeness (QED) is 0.854. The number of rotatable bonds is 5. The Labute approximate surface area is 124 Å². The molecule has 1 aromatic carbocycles. The minimum Gasteiger partial charge on any atom is -0.496 e. The largest absolute Gasteiger partial charge is 0.496 e. The lowest BCUT2D eigenvalue weighted by atomic mass is 10.1. The van der Waals surface area contributed by atoms with Crippen molar-refractivity contribution in [2.45, 2.75) is 18.9 Å². The van der Waals surface area contributed by atoms with Crippen LogP contribution in [-0.4, -0.2) is 46.4 Å². The fraction of sp³-hybridized carbons (Fsp3) is 0.533. The van der Waals surface area contributed by atoms with Crippen LogP contribution >= 0.6 is 0 Å². The van der Waals surface area contributed by atoms with Gasteiger partial charge in [-0.15, -0.1) is 0 Å². The lowest BCUT2D eigenvalue weighted by Crippen LogP contribution is -2.42. The molecule has 0 saturated carbocycles. The van der Waals surface area contributed by atoms with Crippen molar-refractivity contribution in [3.63, 3.8) is 0 Å². The smallest absolute Gasteiger partial charge is 0.255 e. The summed E-state index contributed by atoms with van der Waals surface area (Å²) >= 11 is 0. The highest BCUT2D eigenvalue weighted by atomic mass is 16.5. The minimum atomic E-state index is -0.153. The van der Waals surface area contributed by atoms with E-state index in [9.17, 15) is 4.79 Å². The molecule has 1 amide bonds. The van der Waals surface area contributed by atoms with E-state index in [1.165, 1.54) is 7.11 Å². The van der Waals surface area contributed by atoms with Crippen LogP contribution in [-0.2, 0) is 0 Å². The number of carbonyl (C=O) groups excluding carboxylic acids is 1. The Morgan fingerprint density at radius 3 is 2.19 bits per heavy atom. The molecule has 0 aliphatic carbocycles. The number of piperidine rings is 1. The number of methoxy groups -OCH3 is 3. The van der Waals surface area contributed by atoms with Gasteiger partial charge in [0.1, 0.15) is 5.75 Å². The van der Waals surface area contributed by atoms with Gasteiger partial charge in [0.25, 0.3) is 5.91 Å². The third-order valence-electron chi connectivity index (χ3n) is 3.62. The highest BCUT2D eigenvalue weighted by molar-refractivity contribution is 5.98. The Hall–Kier alpha value is -1.95. The molecule has 1 aliphatic rings. The van der Waals surface area contributed by atoms with Gasteiger partial charge >= 0.3 is 0 Å². The molecule has 0 radical (unpaired) electrons. The lowest BCUT2D eigenvalue weighted by molar-refractivity contribution is 0.0926. The first kappa shape index (κ1) is 15.4. The van der Waals surface area contributed by atoms with E-state index in [0.29, 0.717) is 22.8 Å². The molecule has 0 aromatic heterocycles. The van der Waals surface area contributed by atoms with Crippen molar-refractivity contribution < 1.29 is 19.0 Å². The molecule has 116 valence electrons. The normalized spacial score (nSPS) is 15.4. The predicted molar refractivity (Wildman–Crippen MR) is 79.5 cm³/mol. The van der Waals surface area contributed by atoms with E-state index < -0.39 is 0 Å². The van der Waals surface area contributed by atoms with Gasteiger partial charge in [-0.1, -0.05) is 0 Å². The summed E-state index contributed by atoms with van der Waals surface area (Å²) in [6.07, 6.45) is 1.86. The van der Waals surface area contributed by atoms with Crippen LogP contribution in [0.2, 0.25) is 0 Å². The predicted octanol–water partition coefficient (Wildman–Crippen LogP) is 1.19. The molecule has 2 rings (SSSR count). The second-order valence-electron chi connectivity index (χ2n) is 4.91. The van der Waals surface area contributed by atoms with Gasteiger partial charge < -0.3 is 24.8 Å². The molecule has 1 aromatic rings. The zero-order valence-electron chi connectivity index (χ0n) is 12.7. The summed E-state index contributed by atoms with van der Waals surface area (Å²) in [5, 5.41) is 6.31. The highest BCUT2D eigenvalue weighted by Gasteiger charge is 2.21. The third-order valence-corrected chi connectivity index (χ3v) is 3.62. The number of nitrogens with one attached hydrogen (secondary N) is 2. The van der Waals surface area contributed by atoms with Gasteiger partial charge in [-0.05, 0) is 25.9 Å². The topological polar surface area (TPSA) is 68.8 Å². The zero-order chi connectivity index (χ0) is 15.2. The van der Waals surface area contributed by atoms with E-state index in [2.05, 4.69) is 10.6 Å². The summed E-state index contributed by atoms with van der Waals surface area (Å²) < 4.78 is 15.8. The molecule has 1 heterocycles. The Morgan fingerprint density at radius 2 is 1.62 bits per heavy atom. The summed E-state index contributed by atoms with van der Waals surface area (Å²) in [6, 6.07) is 3.50. The molecule has 2 N–H and O–H groups in total.